The summed E-state index contributed by atoms with van der Waals surface area (Å²) in [4.78, 5) is 19.7. The van der Waals surface area contributed by atoms with Crippen molar-refractivity contribution in [2.45, 2.75) is 0 Å². The third-order valence-electron chi connectivity index (χ3n) is 13.6. The number of benzene rings is 9. The summed E-state index contributed by atoms with van der Waals surface area (Å²) in [7, 11) is 0. The highest BCUT2D eigenvalue weighted by Gasteiger charge is 2.20. The highest BCUT2D eigenvalue weighted by molar-refractivity contribution is 6.13. The minimum atomic E-state index is 0.636. The van der Waals surface area contributed by atoms with Gasteiger partial charge >= 0.3 is 0 Å². The van der Waals surface area contributed by atoms with Crippen LogP contribution in [0.25, 0.3) is 128 Å². The Kier molecular flexibility index (Phi) is 8.75. The molecule has 5 aromatic heterocycles. The van der Waals surface area contributed by atoms with Crippen molar-refractivity contribution >= 4 is 65.5 Å². The van der Waals surface area contributed by atoms with E-state index in [1.165, 1.54) is 10.8 Å². The van der Waals surface area contributed by atoms with Crippen LogP contribution in [0.5, 0.6) is 0 Å². The summed E-state index contributed by atoms with van der Waals surface area (Å²) in [5, 5.41) is 5.78. The molecule has 0 saturated heterocycles. The summed E-state index contributed by atoms with van der Waals surface area (Å²) in [5.41, 5.74) is 17.9. The molecule has 7 heteroatoms. The molecule has 14 rings (SSSR count). The molecule has 0 aliphatic heterocycles. The van der Waals surface area contributed by atoms with Gasteiger partial charge in [-0.2, -0.15) is 0 Å². The van der Waals surface area contributed by atoms with Crippen LogP contribution < -0.4 is 0 Å². The van der Waals surface area contributed by atoms with E-state index in [1.807, 2.05) is 24.4 Å². The van der Waals surface area contributed by atoms with E-state index in [9.17, 15) is 0 Å². The molecule has 0 amide bonds. The van der Waals surface area contributed by atoms with Gasteiger partial charge in [-0.25, -0.2) is 19.9 Å². The zero-order chi connectivity index (χ0) is 45.4. The smallest absolute Gasteiger partial charge is 0.235 e. The van der Waals surface area contributed by atoms with Gasteiger partial charge in [0.25, 0.3) is 0 Å². The van der Waals surface area contributed by atoms with E-state index >= 15 is 0 Å². The molecular weight excluding hydrogens is 843 g/mol. The number of hydrogen-bond donors (Lipinski definition) is 0. The van der Waals surface area contributed by atoms with Crippen molar-refractivity contribution in [1.29, 1.82) is 0 Å². The lowest BCUT2D eigenvalue weighted by molar-refractivity contribution is 0.995. The van der Waals surface area contributed by atoms with E-state index in [1.54, 1.807) is 6.33 Å². The van der Waals surface area contributed by atoms with Crippen LogP contribution in [-0.4, -0.2) is 33.6 Å². The Balaban J connectivity index is 0.890. The van der Waals surface area contributed by atoms with Crippen LogP contribution in [0.1, 0.15) is 0 Å². The first-order valence-electron chi connectivity index (χ1n) is 23.2. The third-order valence-corrected chi connectivity index (χ3v) is 13.6. The van der Waals surface area contributed by atoms with Crippen LogP contribution >= 0.6 is 0 Å². The molecule has 0 N–H and O–H groups in total. The van der Waals surface area contributed by atoms with E-state index in [0.29, 0.717) is 5.95 Å². The van der Waals surface area contributed by atoms with Gasteiger partial charge in [-0.05, 0) is 95.1 Å². The van der Waals surface area contributed by atoms with Gasteiger partial charge in [0.05, 0.1) is 56.2 Å². The van der Waals surface area contributed by atoms with Crippen LogP contribution in [0.4, 0.5) is 0 Å². The number of aromatic nitrogens is 7. The van der Waals surface area contributed by atoms with Crippen molar-refractivity contribution in [2.75, 3.05) is 0 Å². The summed E-state index contributed by atoms with van der Waals surface area (Å²) < 4.78 is 6.86. The highest BCUT2D eigenvalue weighted by atomic mass is 15.2. The lowest BCUT2D eigenvalue weighted by atomic mass is 9.97. The number of nitrogens with zero attached hydrogens (tertiary/aromatic N) is 7. The Morgan fingerprint density at radius 1 is 0.290 bits per heavy atom. The molecule has 0 unspecified atom stereocenters. The minimum absolute atomic E-state index is 0.636. The molecule has 0 radical (unpaired) electrons. The molecular formula is C62H39N7. The molecule has 322 valence electrons. The largest absolute Gasteiger partial charge is 0.309 e. The van der Waals surface area contributed by atoms with E-state index in [4.69, 9.17) is 15.0 Å². The Bertz CT molecular complexity index is 4240. The maximum atomic E-state index is 5.24. The number of hydrogen-bond acceptors (Lipinski definition) is 4. The Morgan fingerprint density at radius 2 is 0.812 bits per heavy atom. The molecule has 5 heterocycles. The molecule has 69 heavy (non-hydrogen) atoms. The van der Waals surface area contributed by atoms with Crippen LogP contribution in [0.3, 0.4) is 0 Å². The second-order valence-electron chi connectivity index (χ2n) is 17.5. The maximum Gasteiger partial charge on any atom is 0.235 e. The number of para-hydroxylation sites is 3. The predicted octanol–water partition coefficient (Wildman–Crippen LogP) is 15.2. The lowest BCUT2D eigenvalue weighted by Crippen LogP contribution is -2.03. The van der Waals surface area contributed by atoms with Gasteiger partial charge in [-0.3, -0.25) is 4.57 Å². The van der Waals surface area contributed by atoms with Crippen LogP contribution in [0.2, 0.25) is 0 Å². The van der Waals surface area contributed by atoms with Crippen LogP contribution in [0.15, 0.2) is 237 Å². The van der Waals surface area contributed by atoms with Crippen molar-refractivity contribution in [3.05, 3.63) is 237 Å². The van der Waals surface area contributed by atoms with Crippen molar-refractivity contribution in [3.63, 3.8) is 0 Å². The average molecular weight is 882 g/mol. The summed E-state index contributed by atoms with van der Waals surface area (Å²) in [5.74, 6) is 0.636. The van der Waals surface area contributed by atoms with E-state index in [0.717, 1.165) is 111 Å². The zero-order valence-corrected chi connectivity index (χ0v) is 37.1. The van der Waals surface area contributed by atoms with Crippen LogP contribution in [-0.2, 0) is 0 Å². The Hall–Kier alpha value is -9.46. The predicted molar refractivity (Wildman–Crippen MR) is 282 cm³/mol. The second kappa shape index (κ2) is 15.6. The number of fused-ring (bicyclic) bond motifs is 9. The molecule has 9 aromatic carbocycles. The third kappa shape index (κ3) is 6.29. The van der Waals surface area contributed by atoms with Crippen molar-refractivity contribution in [2.24, 2.45) is 0 Å². The van der Waals surface area contributed by atoms with Gasteiger partial charge in [-0.15, -0.1) is 0 Å². The van der Waals surface area contributed by atoms with E-state index < -0.39 is 0 Å². The zero-order valence-electron chi connectivity index (χ0n) is 37.1. The fourth-order valence-corrected chi connectivity index (χ4v) is 10.4. The average Bonchev–Trinajstić information content (AvgIpc) is 4.06. The molecule has 0 fully saturated rings. The summed E-state index contributed by atoms with van der Waals surface area (Å²) in [6.07, 6.45) is 3.55. The first kappa shape index (κ1) is 38.8. The second-order valence-corrected chi connectivity index (χ2v) is 17.5. The molecule has 0 bridgehead atoms. The van der Waals surface area contributed by atoms with Crippen molar-refractivity contribution in [3.8, 4) is 62.1 Å². The van der Waals surface area contributed by atoms with E-state index in [2.05, 4.69) is 225 Å². The molecule has 14 aromatic rings. The van der Waals surface area contributed by atoms with Crippen molar-refractivity contribution < 1.29 is 0 Å². The van der Waals surface area contributed by atoms with Gasteiger partial charge in [0, 0.05) is 49.4 Å². The van der Waals surface area contributed by atoms with Crippen LogP contribution in [0, 0.1) is 0 Å². The Morgan fingerprint density at radius 3 is 1.54 bits per heavy atom. The topological polar surface area (TPSA) is 66.3 Å². The standard InChI is InChI=1S/C62H39N7/c1-4-15-40(16-5-1)53-37-54(41-17-6-2-7-18-41)66-62(65-53)69-56-26-13-11-24-49(56)51-34-44(28-31-57(51)69)42-19-14-20-43(33-42)45-27-30-50-48-23-10-12-25-55(48)68(59(50)35-45)47-29-32-58-52(36-47)61-60(38-63-39-64-61)67(58)46-21-8-3-9-22-46/h1-39H. The lowest BCUT2D eigenvalue weighted by Gasteiger charge is -2.12. The summed E-state index contributed by atoms with van der Waals surface area (Å²) in [6.45, 7) is 0. The molecule has 0 aliphatic rings. The van der Waals surface area contributed by atoms with Crippen molar-refractivity contribution in [1.82, 2.24) is 33.6 Å². The van der Waals surface area contributed by atoms with Gasteiger partial charge in [0.1, 0.15) is 6.33 Å². The highest BCUT2D eigenvalue weighted by Crippen LogP contribution is 2.40. The summed E-state index contributed by atoms with van der Waals surface area (Å²) in [6, 6.07) is 79.8. The quantitative estimate of drug-likeness (QED) is 0.160. The molecule has 0 atom stereocenters. The normalized spacial score (nSPS) is 11.8. The summed E-state index contributed by atoms with van der Waals surface area (Å²) >= 11 is 0. The molecule has 0 saturated carbocycles. The molecule has 7 nitrogen and oxygen atoms in total. The monoisotopic (exact) mass is 881 g/mol. The van der Waals surface area contributed by atoms with Gasteiger partial charge < -0.3 is 9.13 Å². The van der Waals surface area contributed by atoms with E-state index in [-0.39, 0.29) is 0 Å². The minimum Gasteiger partial charge on any atom is -0.309 e. The van der Waals surface area contributed by atoms with Gasteiger partial charge in [0.2, 0.25) is 5.95 Å². The first-order valence-corrected chi connectivity index (χ1v) is 23.2. The van der Waals surface area contributed by atoms with Gasteiger partial charge in [-0.1, -0.05) is 152 Å². The fourth-order valence-electron chi connectivity index (χ4n) is 10.4. The molecule has 0 spiro atoms. The molecule has 0 aliphatic carbocycles. The fraction of sp³-hybridized carbons (Fsp3) is 0. The Labute approximate surface area is 396 Å². The first-order chi connectivity index (χ1) is 34.2. The van der Waals surface area contributed by atoms with Gasteiger partial charge in [0.15, 0.2) is 0 Å². The number of rotatable bonds is 7. The SMILES string of the molecule is c1ccc(-c2cc(-c3ccccc3)nc(-n3c4ccccc4c4cc(-c5cccc(-c6ccc7c8ccccc8n(-c8ccc9c(c8)c8ncncc8n9-c8ccccc8)c7c6)c5)ccc43)n2)cc1. The maximum absolute atomic E-state index is 5.24.